The minimum atomic E-state index is -4.24. The van der Waals surface area contributed by atoms with Crippen LogP contribution in [0.1, 0.15) is 15.9 Å². The van der Waals surface area contributed by atoms with Crippen LogP contribution in [-0.2, 0) is 10.0 Å². The third kappa shape index (κ3) is 3.39. The van der Waals surface area contributed by atoms with E-state index in [0.717, 1.165) is 12.3 Å². The van der Waals surface area contributed by atoms with Gasteiger partial charge in [-0.2, -0.15) is 0 Å². The van der Waals surface area contributed by atoms with Gasteiger partial charge in [-0.15, -0.1) is 0 Å². The molecule has 9 heteroatoms. The summed E-state index contributed by atoms with van der Waals surface area (Å²) < 4.78 is 45.5. The summed E-state index contributed by atoms with van der Waals surface area (Å²) in [5.74, 6) is -2.24. The molecule has 2 N–H and O–H groups in total. The molecular formula is C14H13FN2O5S. The SMILES string of the molecule is COc1cncc(S(=O)(=O)Nc2c(F)ccc(C)c2C(=O)O)c1. The van der Waals surface area contributed by atoms with Crippen LogP contribution in [0.15, 0.2) is 35.5 Å². The minimum Gasteiger partial charge on any atom is -0.495 e. The first kappa shape index (κ1) is 16.7. The van der Waals surface area contributed by atoms with E-state index in [-0.39, 0.29) is 16.2 Å². The van der Waals surface area contributed by atoms with Crippen molar-refractivity contribution in [2.45, 2.75) is 11.8 Å². The second-order valence-corrected chi connectivity index (χ2v) is 6.27. The van der Waals surface area contributed by atoms with Gasteiger partial charge in [-0.3, -0.25) is 9.71 Å². The molecule has 0 unspecified atom stereocenters. The van der Waals surface area contributed by atoms with Gasteiger partial charge in [0.2, 0.25) is 0 Å². The Morgan fingerprint density at radius 1 is 1.35 bits per heavy atom. The van der Waals surface area contributed by atoms with Crippen LogP contribution < -0.4 is 9.46 Å². The van der Waals surface area contributed by atoms with Gasteiger partial charge in [0.1, 0.15) is 16.5 Å². The number of aryl methyl sites for hydroxylation is 1. The Balaban J connectivity index is 2.53. The number of hydrogen-bond donors (Lipinski definition) is 2. The molecule has 0 aliphatic carbocycles. The molecule has 0 radical (unpaired) electrons. The highest BCUT2D eigenvalue weighted by atomic mass is 32.2. The largest absolute Gasteiger partial charge is 0.495 e. The number of carboxylic acid groups (broad SMARTS) is 1. The zero-order valence-corrected chi connectivity index (χ0v) is 13.0. The van der Waals surface area contributed by atoms with Crippen LogP contribution >= 0.6 is 0 Å². The number of methoxy groups -OCH3 is 1. The molecule has 1 heterocycles. The van der Waals surface area contributed by atoms with Gasteiger partial charge in [0.25, 0.3) is 10.0 Å². The van der Waals surface area contributed by atoms with E-state index < -0.39 is 33.1 Å². The normalized spacial score (nSPS) is 11.1. The lowest BCUT2D eigenvalue weighted by atomic mass is 10.1. The maximum absolute atomic E-state index is 14.0. The van der Waals surface area contributed by atoms with Gasteiger partial charge in [-0.1, -0.05) is 6.07 Å². The van der Waals surface area contributed by atoms with Gasteiger partial charge in [-0.25, -0.2) is 17.6 Å². The zero-order valence-electron chi connectivity index (χ0n) is 12.2. The maximum atomic E-state index is 14.0. The Kier molecular flexibility index (Phi) is 4.50. The Morgan fingerprint density at radius 3 is 2.65 bits per heavy atom. The van der Waals surface area contributed by atoms with Crippen molar-refractivity contribution < 1.29 is 27.4 Å². The Hall–Kier alpha value is -2.68. The van der Waals surface area contributed by atoms with E-state index in [1.54, 1.807) is 0 Å². The molecule has 2 rings (SSSR count). The van der Waals surface area contributed by atoms with E-state index in [1.165, 1.54) is 32.4 Å². The number of carbonyl (C=O) groups is 1. The molecule has 0 saturated heterocycles. The smallest absolute Gasteiger partial charge is 0.338 e. The quantitative estimate of drug-likeness (QED) is 0.863. The monoisotopic (exact) mass is 340 g/mol. The summed E-state index contributed by atoms with van der Waals surface area (Å²) in [6.45, 7) is 1.44. The number of ether oxygens (including phenoxy) is 1. The van der Waals surface area contributed by atoms with E-state index >= 15 is 0 Å². The van der Waals surface area contributed by atoms with E-state index in [4.69, 9.17) is 4.74 Å². The van der Waals surface area contributed by atoms with Crippen molar-refractivity contribution in [3.05, 3.63) is 47.5 Å². The van der Waals surface area contributed by atoms with Crippen LogP contribution in [0.3, 0.4) is 0 Å². The van der Waals surface area contributed by atoms with Crippen molar-refractivity contribution in [3.63, 3.8) is 0 Å². The summed E-state index contributed by atoms with van der Waals surface area (Å²) in [7, 11) is -2.90. The third-order valence-corrected chi connectivity index (χ3v) is 4.36. The van der Waals surface area contributed by atoms with Crippen molar-refractivity contribution in [2.75, 3.05) is 11.8 Å². The fourth-order valence-corrected chi connectivity index (χ4v) is 2.96. The molecule has 0 amide bonds. The second-order valence-electron chi connectivity index (χ2n) is 4.59. The summed E-state index contributed by atoms with van der Waals surface area (Å²) in [5, 5.41) is 9.19. The third-order valence-electron chi connectivity index (χ3n) is 3.05. The zero-order chi connectivity index (χ0) is 17.2. The fourth-order valence-electron chi connectivity index (χ4n) is 1.91. The lowest BCUT2D eigenvalue weighted by Gasteiger charge is -2.13. The standard InChI is InChI=1S/C14H13FN2O5S/c1-8-3-4-11(15)13(12(8)14(18)19)17-23(20,21)10-5-9(22-2)6-16-7-10/h3-7,17H,1-2H3,(H,18,19). The summed E-state index contributed by atoms with van der Waals surface area (Å²) in [4.78, 5) is 14.7. The molecule has 0 atom stereocenters. The van der Waals surface area contributed by atoms with E-state index in [1.807, 2.05) is 4.72 Å². The highest BCUT2D eigenvalue weighted by Crippen LogP contribution is 2.27. The van der Waals surface area contributed by atoms with Gasteiger partial charge >= 0.3 is 5.97 Å². The number of nitrogens with zero attached hydrogens (tertiary/aromatic N) is 1. The van der Waals surface area contributed by atoms with Gasteiger partial charge in [-0.05, 0) is 18.6 Å². The van der Waals surface area contributed by atoms with Crippen molar-refractivity contribution in [1.82, 2.24) is 4.98 Å². The summed E-state index contributed by atoms with van der Waals surface area (Å²) in [6, 6.07) is 3.43. The highest BCUT2D eigenvalue weighted by molar-refractivity contribution is 7.92. The fraction of sp³-hybridized carbons (Fsp3) is 0.143. The first-order valence-corrected chi connectivity index (χ1v) is 7.79. The predicted octanol–water partition coefficient (Wildman–Crippen LogP) is 2.04. The minimum absolute atomic E-state index is 0.191. The topological polar surface area (TPSA) is 106 Å². The molecule has 7 nitrogen and oxygen atoms in total. The van der Waals surface area contributed by atoms with Crippen LogP contribution in [0.25, 0.3) is 0 Å². The van der Waals surface area contributed by atoms with Gasteiger partial charge in [0.15, 0.2) is 0 Å². The van der Waals surface area contributed by atoms with Crippen molar-refractivity contribution >= 4 is 21.7 Å². The molecule has 2 aromatic rings. The average molecular weight is 340 g/mol. The number of aromatic nitrogens is 1. The number of carboxylic acids is 1. The van der Waals surface area contributed by atoms with Crippen molar-refractivity contribution in [2.24, 2.45) is 0 Å². The molecule has 0 spiro atoms. The van der Waals surface area contributed by atoms with E-state index in [2.05, 4.69) is 4.98 Å². The molecular weight excluding hydrogens is 327 g/mol. The molecule has 0 saturated carbocycles. The van der Waals surface area contributed by atoms with Crippen LogP contribution in [-0.4, -0.2) is 31.6 Å². The van der Waals surface area contributed by atoms with E-state index in [0.29, 0.717) is 0 Å². The van der Waals surface area contributed by atoms with Gasteiger partial charge < -0.3 is 9.84 Å². The van der Waals surface area contributed by atoms with Gasteiger partial charge in [0.05, 0.1) is 24.6 Å². The number of benzene rings is 1. The molecule has 23 heavy (non-hydrogen) atoms. The van der Waals surface area contributed by atoms with Crippen LogP contribution in [0.2, 0.25) is 0 Å². The molecule has 1 aromatic carbocycles. The molecule has 0 fully saturated rings. The van der Waals surface area contributed by atoms with Crippen molar-refractivity contribution in [3.8, 4) is 5.75 Å². The number of sulfonamides is 1. The van der Waals surface area contributed by atoms with Crippen molar-refractivity contribution in [1.29, 1.82) is 0 Å². The Bertz CT molecular complexity index is 867. The summed E-state index contributed by atoms with van der Waals surface area (Å²) in [5.41, 5.74) is -0.856. The lowest BCUT2D eigenvalue weighted by molar-refractivity contribution is 0.0697. The summed E-state index contributed by atoms with van der Waals surface area (Å²) >= 11 is 0. The second kappa shape index (κ2) is 6.21. The Morgan fingerprint density at radius 2 is 2.04 bits per heavy atom. The predicted molar refractivity (Wildman–Crippen MR) is 79.7 cm³/mol. The molecule has 0 aliphatic rings. The summed E-state index contributed by atoms with van der Waals surface area (Å²) in [6.07, 6.45) is 2.34. The number of halogens is 1. The molecule has 0 aliphatic heterocycles. The molecule has 0 bridgehead atoms. The number of nitrogens with one attached hydrogen (secondary N) is 1. The first-order chi connectivity index (χ1) is 10.8. The molecule has 122 valence electrons. The maximum Gasteiger partial charge on any atom is 0.338 e. The lowest BCUT2D eigenvalue weighted by Crippen LogP contribution is -2.18. The van der Waals surface area contributed by atoms with Crippen LogP contribution in [0.5, 0.6) is 5.75 Å². The number of rotatable bonds is 5. The number of aromatic carboxylic acids is 1. The molecule has 1 aromatic heterocycles. The number of hydrogen-bond acceptors (Lipinski definition) is 5. The first-order valence-electron chi connectivity index (χ1n) is 6.30. The van der Waals surface area contributed by atoms with E-state index in [9.17, 15) is 22.7 Å². The van der Waals surface area contributed by atoms with Gasteiger partial charge in [0, 0.05) is 12.3 Å². The number of pyridine rings is 1. The van der Waals surface area contributed by atoms with Crippen LogP contribution in [0, 0.1) is 12.7 Å². The highest BCUT2D eigenvalue weighted by Gasteiger charge is 2.23. The number of anilines is 1. The van der Waals surface area contributed by atoms with Crippen LogP contribution in [0.4, 0.5) is 10.1 Å². The Labute approximate surface area is 131 Å². The average Bonchev–Trinajstić information content (AvgIpc) is 2.50.